The maximum atomic E-state index is 11.8. The summed E-state index contributed by atoms with van der Waals surface area (Å²) < 4.78 is 10.1. The first-order chi connectivity index (χ1) is 9.10. The van der Waals surface area contributed by atoms with Gasteiger partial charge in [-0.05, 0) is 12.1 Å². The normalized spacial score (nSPS) is 9.63. The Labute approximate surface area is 111 Å². The van der Waals surface area contributed by atoms with Crippen LogP contribution in [0.4, 0.5) is 0 Å². The molecule has 1 aromatic carbocycles. The van der Waals surface area contributed by atoms with Crippen molar-refractivity contribution >= 4 is 11.8 Å². The van der Waals surface area contributed by atoms with Crippen molar-refractivity contribution in [3.8, 4) is 11.5 Å². The van der Waals surface area contributed by atoms with Crippen LogP contribution in [0.3, 0.4) is 0 Å². The van der Waals surface area contributed by atoms with Crippen LogP contribution in [0.2, 0.25) is 0 Å². The first-order valence-electron chi connectivity index (χ1n) is 5.63. The Balaban J connectivity index is 2.73. The minimum Gasteiger partial charge on any atom is -0.497 e. The Morgan fingerprint density at radius 2 is 1.68 bits per heavy atom. The highest BCUT2D eigenvalue weighted by molar-refractivity contribution is 5.96. The quantitative estimate of drug-likeness (QED) is 0.642. The second-order valence-electron chi connectivity index (χ2n) is 3.64. The molecule has 1 aromatic rings. The van der Waals surface area contributed by atoms with Crippen molar-refractivity contribution < 1.29 is 19.1 Å². The molecule has 104 valence electrons. The largest absolute Gasteiger partial charge is 0.497 e. The Hall–Kier alpha value is -2.28. The van der Waals surface area contributed by atoms with Crippen LogP contribution in [-0.4, -0.2) is 32.6 Å². The summed E-state index contributed by atoms with van der Waals surface area (Å²) in [7, 11) is 2.97. The van der Waals surface area contributed by atoms with Crippen molar-refractivity contribution in [2.75, 3.05) is 20.8 Å². The molecule has 1 rings (SSSR count). The molecule has 19 heavy (non-hydrogen) atoms. The molecule has 2 amide bonds. The zero-order valence-electron chi connectivity index (χ0n) is 10.9. The third-order valence-electron chi connectivity index (χ3n) is 2.30. The van der Waals surface area contributed by atoms with Gasteiger partial charge in [-0.3, -0.25) is 20.4 Å². The second-order valence-corrected chi connectivity index (χ2v) is 3.64. The number of rotatable bonds is 5. The third-order valence-corrected chi connectivity index (χ3v) is 2.30. The van der Waals surface area contributed by atoms with Gasteiger partial charge in [0.05, 0.1) is 14.2 Å². The highest BCUT2D eigenvalue weighted by Crippen LogP contribution is 2.22. The van der Waals surface area contributed by atoms with Gasteiger partial charge in [-0.15, -0.1) is 0 Å². The van der Waals surface area contributed by atoms with Gasteiger partial charge in [0.2, 0.25) is 5.91 Å². The molecule has 0 saturated heterocycles. The lowest BCUT2D eigenvalue weighted by Gasteiger charge is -2.09. The van der Waals surface area contributed by atoms with Crippen LogP contribution >= 0.6 is 0 Å². The van der Waals surface area contributed by atoms with E-state index in [0.717, 1.165) is 0 Å². The predicted molar refractivity (Wildman–Crippen MR) is 68.8 cm³/mol. The monoisotopic (exact) mass is 267 g/mol. The molecule has 7 heteroatoms. The number of hydrogen-bond acceptors (Lipinski definition) is 5. The van der Waals surface area contributed by atoms with Gasteiger partial charge in [0.15, 0.2) is 0 Å². The van der Waals surface area contributed by atoms with Gasteiger partial charge in [-0.25, -0.2) is 0 Å². The van der Waals surface area contributed by atoms with Crippen molar-refractivity contribution in [2.24, 2.45) is 5.73 Å². The molecule has 0 aliphatic carbocycles. The minimum atomic E-state index is -0.470. The molecule has 0 bridgehead atoms. The van der Waals surface area contributed by atoms with E-state index in [1.54, 1.807) is 6.07 Å². The number of hydrogen-bond donors (Lipinski definition) is 3. The number of benzene rings is 1. The van der Waals surface area contributed by atoms with Crippen LogP contribution in [0.15, 0.2) is 18.2 Å². The van der Waals surface area contributed by atoms with Crippen LogP contribution in [0.5, 0.6) is 11.5 Å². The number of carbonyl (C=O) groups excluding carboxylic acids is 2. The van der Waals surface area contributed by atoms with E-state index >= 15 is 0 Å². The fourth-order valence-electron chi connectivity index (χ4n) is 1.33. The first kappa shape index (κ1) is 14.8. The zero-order valence-corrected chi connectivity index (χ0v) is 10.9. The van der Waals surface area contributed by atoms with E-state index in [1.807, 2.05) is 0 Å². The van der Waals surface area contributed by atoms with Gasteiger partial charge in [0, 0.05) is 24.6 Å². The molecular formula is C12H17N3O4. The van der Waals surface area contributed by atoms with Gasteiger partial charge < -0.3 is 15.2 Å². The lowest BCUT2D eigenvalue weighted by Crippen LogP contribution is -2.42. The molecule has 4 N–H and O–H groups in total. The van der Waals surface area contributed by atoms with Gasteiger partial charge >= 0.3 is 0 Å². The number of nitrogens with two attached hydrogens (primary N) is 1. The van der Waals surface area contributed by atoms with Crippen molar-refractivity contribution in [3.05, 3.63) is 23.8 Å². The summed E-state index contributed by atoms with van der Waals surface area (Å²) in [5.41, 5.74) is 10.1. The average Bonchev–Trinajstić information content (AvgIpc) is 2.44. The molecule has 0 atom stereocenters. The number of amides is 2. The summed E-state index contributed by atoms with van der Waals surface area (Å²) >= 11 is 0. The summed E-state index contributed by atoms with van der Waals surface area (Å²) in [5, 5.41) is 0. The minimum absolute atomic E-state index is 0.141. The fourth-order valence-corrected chi connectivity index (χ4v) is 1.33. The maximum Gasteiger partial charge on any atom is 0.269 e. The number of ether oxygens (including phenoxy) is 2. The third kappa shape index (κ3) is 4.47. The van der Waals surface area contributed by atoms with Gasteiger partial charge in [-0.1, -0.05) is 0 Å². The van der Waals surface area contributed by atoms with Gasteiger partial charge in [0.1, 0.15) is 11.5 Å². The van der Waals surface area contributed by atoms with Crippen LogP contribution < -0.4 is 26.1 Å². The van der Waals surface area contributed by atoms with Crippen LogP contribution in [0, 0.1) is 0 Å². The topological polar surface area (TPSA) is 103 Å². The van der Waals surface area contributed by atoms with E-state index in [0.29, 0.717) is 17.1 Å². The Morgan fingerprint density at radius 3 is 2.16 bits per heavy atom. The summed E-state index contributed by atoms with van der Waals surface area (Å²) in [5.74, 6) is 0.142. The Kier molecular flexibility index (Phi) is 5.62. The van der Waals surface area contributed by atoms with Crippen LogP contribution in [-0.2, 0) is 4.79 Å². The van der Waals surface area contributed by atoms with E-state index in [1.165, 1.54) is 26.4 Å². The lowest BCUT2D eigenvalue weighted by molar-refractivity contribution is -0.121. The molecule has 0 unspecified atom stereocenters. The summed E-state index contributed by atoms with van der Waals surface area (Å²) in [6.07, 6.45) is 0.141. The van der Waals surface area contributed by atoms with Crippen molar-refractivity contribution in [3.63, 3.8) is 0 Å². The molecule has 0 aliphatic heterocycles. The van der Waals surface area contributed by atoms with Gasteiger partial charge in [0.25, 0.3) is 5.91 Å². The molecule has 0 saturated carbocycles. The van der Waals surface area contributed by atoms with E-state index in [4.69, 9.17) is 15.2 Å². The molecule has 0 heterocycles. The number of nitrogens with one attached hydrogen (secondary N) is 2. The molecule has 7 nitrogen and oxygen atoms in total. The van der Waals surface area contributed by atoms with Crippen molar-refractivity contribution in [1.82, 2.24) is 10.9 Å². The van der Waals surface area contributed by atoms with Gasteiger partial charge in [-0.2, -0.15) is 0 Å². The summed E-state index contributed by atoms with van der Waals surface area (Å²) in [4.78, 5) is 23.0. The molecule has 0 radical (unpaired) electrons. The second kappa shape index (κ2) is 7.22. The molecule has 0 aromatic heterocycles. The highest BCUT2D eigenvalue weighted by Gasteiger charge is 2.10. The number of carbonyl (C=O) groups is 2. The number of hydrazine groups is 1. The van der Waals surface area contributed by atoms with E-state index in [-0.39, 0.29) is 18.9 Å². The van der Waals surface area contributed by atoms with Crippen molar-refractivity contribution in [2.45, 2.75) is 6.42 Å². The smallest absolute Gasteiger partial charge is 0.269 e. The maximum absolute atomic E-state index is 11.8. The molecule has 0 fully saturated rings. The summed E-state index contributed by atoms with van der Waals surface area (Å²) in [6.45, 7) is 0.217. The van der Waals surface area contributed by atoms with E-state index < -0.39 is 5.91 Å². The van der Waals surface area contributed by atoms with E-state index in [9.17, 15) is 9.59 Å². The standard InChI is InChI=1S/C12H17N3O4/c1-18-9-5-8(6-10(7-9)19-2)12(17)15-14-11(16)3-4-13/h5-7H,3-4,13H2,1-2H3,(H,14,16)(H,15,17). The van der Waals surface area contributed by atoms with Crippen LogP contribution in [0.25, 0.3) is 0 Å². The molecule has 0 spiro atoms. The lowest BCUT2D eigenvalue weighted by atomic mass is 10.2. The summed E-state index contributed by atoms with van der Waals surface area (Å²) in [6, 6.07) is 4.71. The Morgan fingerprint density at radius 1 is 1.11 bits per heavy atom. The van der Waals surface area contributed by atoms with Crippen molar-refractivity contribution in [1.29, 1.82) is 0 Å². The SMILES string of the molecule is COc1cc(OC)cc(C(=O)NNC(=O)CCN)c1. The Bertz CT molecular complexity index is 440. The molecule has 0 aliphatic rings. The fraction of sp³-hybridized carbons (Fsp3) is 0.333. The predicted octanol–water partition coefficient (Wildman–Crippen LogP) is -0.186. The number of methoxy groups -OCH3 is 2. The highest BCUT2D eigenvalue weighted by atomic mass is 16.5. The molecular weight excluding hydrogens is 250 g/mol. The zero-order chi connectivity index (χ0) is 14.3. The van der Waals surface area contributed by atoms with E-state index in [2.05, 4.69) is 10.9 Å². The average molecular weight is 267 g/mol. The van der Waals surface area contributed by atoms with Crippen LogP contribution in [0.1, 0.15) is 16.8 Å². The first-order valence-corrected chi connectivity index (χ1v) is 5.63.